The Morgan fingerprint density at radius 1 is 1.03 bits per heavy atom. The molecule has 1 N–H and O–H groups in total. The summed E-state index contributed by atoms with van der Waals surface area (Å²) in [6.07, 6.45) is 0.911. The van der Waals surface area contributed by atoms with E-state index in [1.165, 1.54) is 5.56 Å². The van der Waals surface area contributed by atoms with Gasteiger partial charge in [0.25, 0.3) is 0 Å². The largest absolute Gasteiger partial charge is 0.494 e. The number of carbonyl (C=O) groups excluding carboxylic acids is 2. The van der Waals surface area contributed by atoms with Crippen LogP contribution in [0.2, 0.25) is 0 Å². The smallest absolute Gasteiger partial charge is 0.242 e. The highest BCUT2D eigenvalue weighted by molar-refractivity contribution is 9.10. The SMILES string of the molecule is Cc1ccc(OCCCC(=O)N(Cc2ccc(Br)cc2)[C@@H](C)C(=O)NCC(C)C)cc1. The number of halogens is 1. The molecule has 31 heavy (non-hydrogen) atoms. The summed E-state index contributed by atoms with van der Waals surface area (Å²) >= 11 is 3.43. The van der Waals surface area contributed by atoms with Crippen molar-refractivity contribution in [3.63, 3.8) is 0 Å². The fourth-order valence-corrected chi connectivity index (χ4v) is 3.28. The Bertz CT molecular complexity index is 835. The van der Waals surface area contributed by atoms with Gasteiger partial charge in [0.05, 0.1) is 6.61 Å². The van der Waals surface area contributed by atoms with Gasteiger partial charge in [-0.1, -0.05) is 59.6 Å². The molecule has 2 rings (SSSR count). The molecule has 168 valence electrons. The van der Waals surface area contributed by atoms with Crippen LogP contribution in [0.25, 0.3) is 0 Å². The fourth-order valence-electron chi connectivity index (χ4n) is 3.01. The van der Waals surface area contributed by atoms with Gasteiger partial charge in [-0.05, 0) is 56.0 Å². The summed E-state index contributed by atoms with van der Waals surface area (Å²) in [6.45, 7) is 9.34. The molecule has 2 amide bonds. The van der Waals surface area contributed by atoms with Crippen molar-refractivity contribution in [2.45, 2.75) is 53.1 Å². The normalized spacial score (nSPS) is 11.8. The van der Waals surface area contributed by atoms with Crippen LogP contribution in [-0.2, 0) is 16.1 Å². The van der Waals surface area contributed by atoms with Gasteiger partial charge in [-0.25, -0.2) is 0 Å². The Hall–Kier alpha value is -2.34. The highest BCUT2D eigenvalue weighted by Crippen LogP contribution is 2.16. The number of nitrogens with zero attached hydrogens (tertiary/aromatic N) is 1. The van der Waals surface area contributed by atoms with Crippen LogP contribution in [0.15, 0.2) is 53.0 Å². The molecule has 5 nitrogen and oxygen atoms in total. The van der Waals surface area contributed by atoms with Gasteiger partial charge in [0.15, 0.2) is 0 Å². The molecule has 0 bridgehead atoms. The Kier molecular flexibility index (Phi) is 10.0. The average Bonchev–Trinajstić information content (AvgIpc) is 2.75. The monoisotopic (exact) mass is 488 g/mol. The topological polar surface area (TPSA) is 58.6 Å². The van der Waals surface area contributed by atoms with Gasteiger partial charge < -0.3 is 15.0 Å². The number of carbonyl (C=O) groups is 2. The van der Waals surface area contributed by atoms with Crippen LogP contribution in [0, 0.1) is 12.8 Å². The van der Waals surface area contributed by atoms with Crippen LogP contribution in [0.4, 0.5) is 0 Å². The first kappa shape index (κ1) is 24.9. The van der Waals surface area contributed by atoms with Crippen molar-refractivity contribution in [1.82, 2.24) is 10.2 Å². The molecule has 0 fully saturated rings. The second-order valence-electron chi connectivity index (χ2n) is 8.23. The van der Waals surface area contributed by atoms with Crippen molar-refractivity contribution in [2.75, 3.05) is 13.2 Å². The quantitative estimate of drug-likeness (QED) is 0.447. The van der Waals surface area contributed by atoms with Gasteiger partial charge in [0, 0.05) is 24.0 Å². The molecule has 0 saturated heterocycles. The van der Waals surface area contributed by atoms with Crippen LogP contribution in [0.3, 0.4) is 0 Å². The first-order valence-corrected chi connectivity index (χ1v) is 11.6. The first-order chi connectivity index (χ1) is 14.8. The number of benzene rings is 2. The highest BCUT2D eigenvalue weighted by Gasteiger charge is 2.25. The molecular formula is C25H33BrN2O3. The molecule has 2 aromatic rings. The standard InChI is InChI=1S/C25H33BrN2O3/c1-18(2)16-27-25(30)20(4)28(17-21-9-11-22(26)12-10-21)24(29)6-5-15-31-23-13-7-19(3)8-14-23/h7-14,18,20H,5-6,15-17H2,1-4H3,(H,27,30)/t20-/m0/s1. The number of hydrogen-bond donors (Lipinski definition) is 1. The maximum atomic E-state index is 13.0. The van der Waals surface area contributed by atoms with Crippen molar-refractivity contribution in [3.8, 4) is 5.75 Å². The van der Waals surface area contributed by atoms with Crippen molar-refractivity contribution in [1.29, 1.82) is 0 Å². The lowest BCUT2D eigenvalue weighted by Crippen LogP contribution is -2.48. The molecule has 2 aromatic carbocycles. The summed E-state index contributed by atoms with van der Waals surface area (Å²) in [5.41, 5.74) is 2.16. The minimum absolute atomic E-state index is 0.0531. The van der Waals surface area contributed by atoms with E-state index in [-0.39, 0.29) is 11.8 Å². The molecule has 0 aliphatic carbocycles. The number of amides is 2. The van der Waals surface area contributed by atoms with E-state index in [9.17, 15) is 9.59 Å². The summed E-state index contributed by atoms with van der Waals surface area (Å²) in [5.74, 6) is 0.967. The second kappa shape index (κ2) is 12.5. The van der Waals surface area contributed by atoms with Gasteiger partial charge in [-0.15, -0.1) is 0 Å². The van der Waals surface area contributed by atoms with E-state index in [1.54, 1.807) is 11.8 Å². The van der Waals surface area contributed by atoms with Crippen molar-refractivity contribution in [3.05, 3.63) is 64.1 Å². The van der Waals surface area contributed by atoms with E-state index in [4.69, 9.17) is 4.74 Å². The van der Waals surface area contributed by atoms with Gasteiger partial charge in [0.1, 0.15) is 11.8 Å². The highest BCUT2D eigenvalue weighted by atomic mass is 79.9. The van der Waals surface area contributed by atoms with Crippen LogP contribution < -0.4 is 10.1 Å². The predicted molar refractivity (Wildman–Crippen MR) is 128 cm³/mol. The van der Waals surface area contributed by atoms with E-state index in [0.717, 1.165) is 15.8 Å². The Labute approximate surface area is 194 Å². The molecule has 0 unspecified atom stereocenters. The lowest BCUT2D eigenvalue weighted by Gasteiger charge is -2.29. The molecule has 0 aliphatic rings. The van der Waals surface area contributed by atoms with E-state index in [1.807, 2.05) is 69.3 Å². The third-order valence-corrected chi connectivity index (χ3v) is 5.47. The summed E-state index contributed by atoms with van der Waals surface area (Å²) in [6, 6.07) is 15.1. The number of aryl methyl sites for hydroxylation is 1. The Balaban J connectivity index is 1.97. The van der Waals surface area contributed by atoms with Gasteiger partial charge in [-0.2, -0.15) is 0 Å². The maximum absolute atomic E-state index is 13.0. The molecule has 1 atom stereocenters. The summed E-state index contributed by atoms with van der Waals surface area (Å²) in [7, 11) is 0. The van der Waals surface area contributed by atoms with Crippen molar-refractivity contribution >= 4 is 27.7 Å². The Morgan fingerprint density at radius 2 is 1.68 bits per heavy atom. The molecule has 0 aromatic heterocycles. The lowest BCUT2D eigenvalue weighted by molar-refractivity contribution is -0.140. The molecule has 0 aliphatic heterocycles. The van der Waals surface area contributed by atoms with Crippen LogP contribution in [0.1, 0.15) is 44.7 Å². The van der Waals surface area contributed by atoms with E-state index < -0.39 is 6.04 Å². The number of ether oxygens (including phenoxy) is 1. The summed E-state index contributed by atoms with van der Waals surface area (Å²) < 4.78 is 6.72. The lowest BCUT2D eigenvalue weighted by atomic mass is 10.1. The number of hydrogen-bond acceptors (Lipinski definition) is 3. The number of nitrogens with one attached hydrogen (secondary N) is 1. The molecule has 6 heteroatoms. The molecule has 0 spiro atoms. The third kappa shape index (κ3) is 8.74. The number of rotatable bonds is 11. The fraction of sp³-hybridized carbons (Fsp3) is 0.440. The van der Waals surface area contributed by atoms with E-state index in [0.29, 0.717) is 38.5 Å². The summed E-state index contributed by atoms with van der Waals surface area (Å²) in [5, 5.41) is 2.94. The summed E-state index contributed by atoms with van der Waals surface area (Å²) in [4.78, 5) is 27.3. The van der Waals surface area contributed by atoms with Crippen LogP contribution in [-0.4, -0.2) is 35.9 Å². The molecule has 0 heterocycles. The van der Waals surface area contributed by atoms with Crippen molar-refractivity contribution < 1.29 is 14.3 Å². The zero-order valence-electron chi connectivity index (χ0n) is 18.9. The average molecular weight is 489 g/mol. The minimum Gasteiger partial charge on any atom is -0.494 e. The van der Waals surface area contributed by atoms with E-state index in [2.05, 4.69) is 21.2 Å². The van der Waals surface area contributed by atoms with Crippen molar-refractivity contribution in [2.24, 2.45) is 5.92 Å². The van der Waals surface area contributed by atoms with Crippen LogP contribution >= 0.6 is 15.9 Å². The van der Waals surface area contributed by atoms with Gasteiger partial charge in [0.2, 0.25) is 11.8 Å². The third-order valence-electron chi connectivity index (χ3n) is 4.94. The zero-order valence-corrected chi connectivity index (χ0v) is 20.4. The zero-order chi connectivity index (χ0) is 22.8. The second-order valence-corrected chi connectivity index (χ2v) is 9.14. The van der Waals surface area contributed by atoms with Crippen LogP contribution in [0.5, 0.6) is 5.75 Å². The minimum atomic E-state index is -0.548. The predicted octanol–water partition coefficient (Wildman–Crippen LogP) is 5.11. The Morgan fingerprint density at radius 3 is 2.29 bits per heavy atom. The molecule has 0 radical (unpaired) electrons. The van der Waals surface area contributed by atoms with Gasteiger partial charge in [-0.3, -0.25) is 9.59 Å². The maximum Gasteiger partial charge on any atom is 0.242 e. The first-order valence-electron chi connectivity index (χ1n) is 10.8. The molecule has 0 saturated carbocycles. The van der Waals surface area contributed by atoms with Gasteiger partial charge >= 0.3 is 0 Å². The van der Waals surface area contributed by atoms with E-state index >= 15 is 0 Å². The molecular weight excluding hydrogens is 456 g/mol.